The summed E-state index contributed by atoms with van der Waals surface area (Å²) in [5, 5.41) is 4.14. The first-order valence-corrected chi connectivity index (χ1v) is 12.5. The van der Waals surface area contributed by atoms with Crippen LogP contribution >= 0.6 is 22.9 Å². The smallest absolute Gasteiger partial charge is 0.350 e. The number of anilines is 1. The highest BCUT2D eigenvalue weighted by molar-refractivity contribution is 7.17. The molecule has 3 rings (SSSR count). The molecule has 0 spiro atoms. The third-order valence-electron chi connectivity index (χ3n) is 5.33. The van der Waals surface area contributed by atoms with Crippen LogP contribution in [-0.2, 0) is 15.9 Å². The van der Waals surface area contributed by atoms with Gasteiger partial charge in [-0.25, -0.2) is 14.8 Å². The van der Waals surface area contributed by atoms with Gasteiger partial charge in [-0.3, -0.25) is 4.79 Å². The second-order valence-electron chi connectivity index (χ2n) is 8.42. The molecule has 0 bridgehead atoms. The van der Waals surface area contributed by atoms with E-state index >= 15 is 0 Å². The highest BCUT2D eigenvalue weighted by atomic mass is 35.5. The van der Waals surface area contributed by atoms with Gasteiger partial charge in [0.2, 0.25) is 0 Å². The maximum Gasteiger partial charge on any atom is 0.350 e. The van der Waals surface area contributed by atoms with Crippen molar-refractivity contribution in [3.8, 4) is 0 Å². The Balaban J connectivity index is 1.73. The van der Waals surface area contributed by atoms with Gasteiger partial charge in [-0.05, 0) is 32.6 Å². The lowest BCUT2D eigenvalue weighted by Gasteiger charge is -2.38. The fraction of sp³-hybridized carbons (Fsp3) is 0.636. The summed E-state index contributed by atoms with van der Waals surface area (Å²) in [6.45, 7) is 11.8. The highest BCUT2D eigenvalue weighted by Gasteiger charge is 2.34. The number of nitrogens with zero attached hydrogens (tertiary/aromatic N) is 3. The molecule has 33 heavy (non-hydrogen) atoms. The Morgan fingerprint density at radius 3 is 2.73 bits per heavy atom. The number of aromatic amines is 1. The number of carbonyl (C=O) groups excluding carboxylic acids is 2. The lowest BCUT2D eigenvalue weighted by Crippen LogP contribution is -2.55. The number of nitrogens with one attached hydrogen (secondary N) is 2. The van der Waals surface area contributed by atoms with Crippen LogP contribution in [0.1, 0.15) is 65.8 Å². The Morgan fingerprint density at radius 2 is 2.09 bits per heavy atom. The van der Waals surface area contributed by atoms with Crippen molar-refractivity contribution in [3.63, 3.8) is 0 Å². The van der Waals surface area contributed by atoms with Gasteiger partial charge in [-0.2, -0.15) is 0 Å². The van der Waals surface area contributed by atoms with E-state index in [1.165, 1.54) is 11.3 Å². The number of hydrogen-bond donors (Lipinski definition) is 2. The minimum Gasteiger partial charge on any atom is -0.462 e. The molecular formula is C22H32ClN5O4S. The van der Waals surface area contributed by atoms with Crippen LogP contribution in [0.25, 0.3) is 0 Å². The van der Waals surface area contributed by atoms with E-state index in [2.05, 4.69) is 39.0 Å². The standard InChI is InChI=1S/C22H32ClN5O4S/c1-6-14-18(23)27-19(25-14)20(29)26-15-8-9-28(10-16(15)32-11-12(3)4)22-24-13(5)17(33-22)21(30)31-7-2/h12,15-16H,6-11H2,1-5H3,(H,25,27)(H,26,29). The third kappa shape index (κ3) is 6.24. The number of imidazole rings is 1. The number of amides is 1. The molecule has 2 unspecified atom stereocenters. The summed E-state index contributed by atoms with van der Waals surface area (Å²) in [5.74, 6) is -0.0956. The van der Waals surface area contributed by atoms with E-state index < -0.39 is 0 Å². The van der Waals surface area contributed by atoms with Crippen LogP contribution in [0.15, 0.2) is 0 Å². The topological polar surface area (TPSA) is 109 Å². The largest absolute Gasteiger partial charge is 0.462 e. The molecule has 2 aromatic rings. The van der Waals surface area contributed by atoms with E-state index in [9.17, 15) is 9.59 Å². The van der Waals surface area contributed by atoms with Crippen LogP contribution in [-0.4, -0.2) is 65.3 Å². The lowest BCUT2D eigenvalue weighted by molar-refractivity contribution is 0.00705. The van der Waals surface area contributed by atoms with Crippen LogP contribution in [0, 0.1) is 12.8 Å². The molecular weight excluding hydrogens is 466 g/mol. The van der Waals surface area contributed by atoms with Gasteiger partial charge in [0.25, 0.3) is 5.91 Å². The predicted molar refractivity (Wildman–Crippen MR) is 128 cm³/mol. The van der Waals surface area contributed by atoms with Gasteiger partial charge in [-0.1, -0.05) is 43.7 Å². The van der Waals surface area contributed by atoms with Crippen LogP contribution in [0.3, 0.4) is 0 Å². The van der Waals surface area contributed by atoms with Crippen molar-refractivity contribution in [1.29, 1.82) is 0 Å². The third-order valence-corrected chi connectivity index (χ3v) is 6.84. The number of aryl methyl sites for hydroxylation is 2. The molecule has 0 aliphatic carbocycles. The van der Waals surface area contributed by atoms with Crippen LogP contribution in [0.2, 0.25) is 5.15 Å². The number of hydrogen-bond acceptors (Lipinski definition) is 8. The minimum atomic E-state index is -0.350. The predicted octanol–water partition coefficient (Wildman–Crippen LogP) is 3.62. The second-order valence-corrected chi connectivity index (χ2v) is 9.76. The van der Waals surface area contributed by atoms with Crippen molar-refractivity contribution in [2.24, 2.45) is 5.92 Å². The van der Waals surface area contributed by atoms with Gasteiger partial charge >= 0.3 is 5.97 Å². The summed E-state index contributed by atoms with van der Waals surface area (Å²) in [6, 6.07) is -0.188. The molecule has 0 radical (unpaired) electrons. The zero-order valence-electron chi connectivity index (χ0n) is 19.7. The first kappa shape index (κ1) is 25.5. The van der Waals surface area contributed by atoms with Crippen molar-refractivity contribution >= 4 is 39.9 Å². The number of aromatic nitrogens is 3. The monoisotopic (exact) mass is 497 g/mol. The molecule has 182 valence electrons. The van der Waals surface area contributed by atoms with Gasteiger partial charge in [0.1, 0.15) is 4.88 Å². The quantitative estimate of drug-likeness (QED) is 0.509. The molecule has 2 aromatic heterocycles. The molecule has 0 saturated carbocycles. The van der Waals surface area contributed by atoms with E-state index in [1.54, 1.807) is 6.92 Å². The number of rotatable bonds is 9. The van der Waals surface area contributed by atoms with E-state index in [4.69, 9.17) is 21.1 Å². The number of carbonyl (C=O) groups is 2. The number of ether oxygens (including phenoxy) is 2. The normalized spacial score (nSPS) is 18.6. The molecule has 3 heterocycles. The molecule has 11 heteroatoms. The van der Waals surface area contributed by atoms with Crippen LogP contribution in [0.4, 0.5) is 5.13 Å². The zero-order chi connectivity index (χ0) is 24.1. The molecule has 0 aromatic carbocycles. The fourth-order valence-electron chi connectivity index (χ4n) is 3.61. The van der Waals surface area contributed by atoms with Crippen molar-refractivity contribution < 1.29 is 19.1 Å². The Labute approximate surface area is 203 Å². The van der Waals surface area contributed by atoms with E-state index in [-0.39, 0.29) is 29.8 Å². The van der Waals surface area contributed by atoms with Gasteiger partial charge in [-0.15, -0.1) is 0 Å². The average molecular weight is 498 g/mol. The molecule has 1 aliphatic rings. The van der Waals surface area contributed by atoms with E-state index in [1.807, 2.05) is 13.8 Å². The van der Waals surface area contributed by atoms with Crippen molar-refractivity contribution in [1.82, 2.24) is 20.3 Å². The number of thiazole rings is 1. The lowest BCUT2D eigenvalue weighted by atomic mass is 10.0. The molecule has 1 amide bonds. The van der Waals surface area contributed by atoms with Crippen LogP contribution in [0.5, 0.6) is 0 Å². The zero-order valence-corrected chi connectivity index (χ0v) is 21.3. The van der Waals surface area contributed by atoms with Crippen molar-refractivity contribution in [2.45, 2.75) is 59.6 Å². The van der Waals surface area contributed by atoms with Gasteiger partial charge in [0.15, 0.2) is 16.1 Å². The number of halogens is 1. The van der Waals surface area contributed by atoms with Gasteiger partial charge in [0, 0.05) is 19.7 Å². The molecule has 1 fully saturated rings. The fourth-order valence-corrected chi connectivity index (χ4v) is 4.87. The average Bonchev–Trinajstić information content (AvgIpc) is 3.35. The maximum atomic E-state index is 12.8. The Hall–Kier alpha value is -2.17. The van der Waals surface area contributed by atoms with Crippen molar-refractivity contribution in [2.75, 3.05) is 31.2 Å². The molecule has 9 nitrogen and oxygen atoms in total. The van der Waals surface area contributed by atoms with E-state index in [0.29, 0.717) is 60.8 Å². The summed E-state index contributed by atoms with van der Waals surface area (Å²) in [6.07, 6.45) is 1.09. The summed E-state index contributed by atoms with van der Waals surface area (Å²) < 4.78 is 11.3. The summed E-state index contributed by atoms with van der Waals surface area (Å²) >= 11 is 7.42. The summed E-state index contributed by atoms with van der Waals surface area (Å²) in [7, 11) is 0. The molecule has 2 atom stereocenters. The van der Waals surface area contributed by atoms with E-state index in [0.717, 1.165) is 10.8 Å². The maximum absolute atomic E-state index is 12.8. The Bertz CT molecular complexity index is 976. The Kier molecular flexibility index (Phi) is 8.72. The van der Waals surface area contributed by atoms with Gasteiger partial charge < -0.3 is 24.7 Å². The molecule has 1 saturated heterocycles. The molecule has 2 N–H and O–H groups in total. The van der Waals surface area contributed by atoms with Crippen molar-refractivity contribution in [3.05, 3.63) is 27.2 Å². The van der Waals surface area contributed by atoms with Gasteiger partial charge in [0.05, 0.1) is 30.1 Å². The SMILES string of the molecule is CCOC(=O)c1sc(N2CCC(NC(=O)c3nc(Cl)c(CC)[nH]3)C(OCC(C)C)C2)nc1C. The summed E-state index contributed by atoms with van der Waals surface area (Å²) in [4.78, 5) is 39.4. The first-order chi connectivity index (χ1) is 15.7. The Morgan fingerprint density at radius 1 is 1.33 bits per heavy atom. The van der Waals surface area contributed by atoms with Crippen LogP contribution < -0.4 is 10.2 Å². The number of piperidine rings is 1. The number of H-pyrrole nitrogens is 1. The highest BCUT2D eigenvalue weighted by Crippen LogP contribution is 2.30. The first-order valence-electron chi connectivity index (χ1n) is 11.3. The second kappa shape index (κ2) is 11.3. The minimum absolute atomic E-state index is 0.188. The molecule has 1 aliphatic heterocycles. The summed E-state index contributed by atoms with van der Waals surface area (Å²) in [5.41, 5.74) is 1.39. The number of esters is 1.